The standard InChI is InChI=1S/C18H10O14/c19-11(20)1-3-13(23)31-17(29)9-6-10(8(16(27)28)5-7(9)15(25)26)18(30)32-14(24)4-2-12(21)22/h1-6H,(H,19,20)(H,21,22)(H,25,26)(H,27,28)/b3-1+,4-2+. The van der Waals surface area contributed by atoms with Crippen LogP contribution in [0.2, 0.25) is 0 Å². The van der Waals surface area contributed by atoms with Gasteiger partial charge in [-0.2, -0.15) is 0 Å². The summed E-state index contributed by atoms with van der Waals surface area (Å²) in [6.07, 6.45) is 1.24. The highest BCUT2D eigenvalue weighted by Crippen LogP contribution is 2.20. The molecule has 1 aromatic rings. The van der Waals surface area contributed by atoms with Gasteiger partial charge in [0.2, 0.25) is 0 Å². The lowest BCUT2D eigenvalue weighted by molar-refractivity contribution is -0.134. The normalized spacial score (nSPS) is 10.5. The van der Waals surface area contributed by atoms with E-state index < -0.39 is 70.0 Å². The smallest absolute Gasteiger partial charge is 0.346 e. The molecule has 0 heterocycles. The summed E-state index contributed by atoms with van der Waals surface area (Å²) in [6.45, 7) is 0. The van der Waals surface area contributed by atoms with Crippen molar-refractivity contribution in [1.82, 2.24) is 0 Å². The first-order valence-electron chi connectivity index (χ1n) is 7.82. The molecule has 0 aliphatic heterocycles. The van der Waals surface area contributed by atoms with Gasteiger partial charge in [-0.25, -0.2) is 38.4 Å². The average Bonchev–Trinajstić information content (AvgIpc) is 2.69. The van der Waals surface area contributed by atoms with E-state index in [1.165, 1.54) is 0 Å². The molecule has 0 spiro atoms. The fraction of sp³-hybridized carbons (Fsp3) is 0. The van der Waals surface area contributed by atoms with Gasteiger partial charge in [-0.1, -0.05) is 0 Å². The van der Waals surface area contributed by atoms with Crippen molar-refractivity contribution in [1.29, 1.82) is 0 Å². The Bertz CT molecular complexity index is 1020. The zero-order valence-electron chi connectivity index (χ0n) is 15.3. The minimum Gasteiger partial charge on any atom is -0.478 e. The molecule has 0 fully saturated rings. The Morgan fingerprint density at radius 3 is 1.12 bits per heavy atom. The maximum absolute atomic E-state index is 12.2. The van der Waals surface area contributed by atoms with Crippen LogP contribution in [0.5, 0.6) is 0 Å². The molecule has 32 heavy (non-hydrogen) atoms. The Labute approximate surface area is 175 Å². The Morgan fingerprint density at radius 1 is 0.531 bits per heavy atom. The zero-order valence-corrected chi connectivity index (χ0v) is 15.3. The van der Waals surface area contributed by atoms with E-state index in [1.807, 2.05) is 0 Å². The number of hydrogen-bond acceptors (Lipinski definition) is 10. The van der Waals surface area contributed by atoms with Crippen LogP contribution in [0, 0.1) is 0 Å². The van der Waals surface area contributed by atoms with Crippen molar-refractivity contribution in [3.05, 3.63) is 58.7 Å². The minimum atomic E-state index is -1.87. The predicted molar refractivity (Wildman–Crippen MR) is 94.8 cm³/mol. The van der Waals surface area contributed by atoms with E-state index in [0.29, 0.717) is 36.4 Å². The largest absolute Gasteiger partial charge is 0.478 e. The number of carbonyl (C=O) groups excluding carboxylic acids is 4. The Hall–Kier alpha value is -5.14. The summed E-state index contributed by atoms with van der Waals surface area (Å²) in [7, 11) is 0. The van der Waals surface area contributed by atoms with Gasteiger partial charge in [0, 0.05) is 24.3 Å². The van der Waals surface area contributed by atoms with E-state index in [2.05, 4.69) is 9.47 Å². The van der Waals surface area contributed by atoms with Crippen LogP contribution < -0.4 is 0 Å². The van der Waals surface area contributed by atoms with Crippen molar-refractivity contribution in [3.63, 3.8) is 0 Å². The maximum atomic E-state index is 12.2. The molecule has 1 rings (SSSR count). The quantitative estimate of drug-likeness (QED) is 0.227. The topological polar surface area (TPSA) is 236 Å². The van der Waals surface area contributed by atoms with Gasteiger partial charge in [0.05, 0.1) is 22.3 Å². The van der Waals surface area contributed by atoms with Gasteiger partial charge in [-0.3, -0.25) is 0 Å². The lowest BCUT2D eigenvalue weighted by atomic mass is 9.98. The molecule has 14 nitrogen and oxygen atoms in total. The zero-order chi connectivity index (χ0) is 24.6. The summed E-state index contributed by atoms with van der Waals surface area (Å²) in [4.78, 5) is 90.7. The molecule has 1 aromatic carbocycles. The lowest BCUT2D eigenvalue weighted by Gasteiger charge is -2.10. The highest BCUT2D eigenvalue weighted by atomic mass is 16.6. The summed E-state index contributed by atoms with van der Waals surface area (Å²) in [5.41, 5.74) is -4.06. The number of esters is 4. The molecule has 0 aliphatic carbocycles. The van der Waals surface area contributed by atoms with Crippen molar-refractivity contribution in [2.45, 2.75) is 0 Å². The number of carboxylic acid groups (broad SMARTS) is 4. The van der Waals surface area contributed by atoms with Crippen LogP contribution in [0.3, 0.4) is 0 Å². The second-order valence-corrected chi connectivity index (χ2v) is 5.31. The molecule has 4 N–H and O–H groups in total. The van der Waals surface area contributed by atoms with Crippen LogP contribution in [-0.2, 0) is 28.7 Å². The summed E-state index contributed by atoms with van der Waals surface area (Å²) in [5, 5.41) is 35.3. The SMILES string of the molecule is O=C(O)/C=C/C(=O)OC(=O)c1cc(C(=O)OC(=O)/C=C/C(=O)O)c(C(=O)O)cc1C(=O)O. The Morgan fingerprint density at radius 2 is 0.844 bits per heavy atom. The monoisotopic (exact) mass is 450 g/mol. The van der Waals surface area contributed by atoms with Crippen molar-refractivity contribution in [3.8, 4) is 0 Å². The average molecular weight is 450 g/mol. The molecule has 14 heteroatoms. The van der Waals surface area contributed by atoms with Gasteiger partial charge in [-0.15, -0.1) is 0 Å². The molecule has 0 saturated heterocycles. The number of ether oxygens (including phenoxy) is 2. The molecule has 0 aliphatic rings. The molecule has 166 valence electrons. The highest BCUT2D eigenvalue weighted by Gasteiger charge is 2.28. The third kappa shape index (κ3) is 7.03. The lowest BCUT2D eigenvalue weighted by Crippen LogP contribution is -2.20. The summed E-state index contributed by atoms with van der Waals surface area (Å²) in [6, 6.07) is 0.715. The van der Waals surface area contributed by atoms with Crippen molar-refractivity contribution in [2.24, 2.45) is 0 Å². The minimum absolute atomic E-state index is 0.306. The van der Waals surface area contributed by atoms with Crippen molar-refractivity contribution < 1.29 is 68.3 Å². The number of aromatic carboxylic acids is 2. The molecule has 0 saturated carbocycles. The van der Waals surface area contributed by atoms with E-state index in [9.17, 15) is 48.6 Å². The number of hydrogen-bond donors (Lipinski definition) is 4. The highest BCUT2D eigenvalue weighted by molar-refractivity contribution is 6.13. The second kappa shape index (κ2) is 10.6. The van der Waals surface area contributed by atoms with Crippen LogP contribution in [0.25, 0.3) is 0 Å². The molecule has 0 bridgehead atoms. The fourth-order valence-electron chi connectivity index (χ4n) is 1.93. The second-order valence-electron chi connectivity index (χ2n) is 5.31. The van der Waals surface area contributed by atoms with Gasteiger partial charge < -0.3 is 29.9 Å². The summed E-state index contributed by atoms with van der Waals surface area (Å²) >= 11 is 0. The van der Waals surface area contributed by atoms with E-state index in [-0.39, 0.29) is 0 Å². The van der Waals surface area contributed by atoms with Crippen LogP contribution in [0.1, 0.15) is 41.4 Å². The maximum Gasteiger partial charge on any atom is 0.346 e. The molecule has 0 unspecified atom stereocenters. The molecule has 0 amide bonds. The summed E-state index contributed by atoms with van der Waals surface area (Å²) in [5.74, 6) is -13.3. The number of rotatable bonds is 8. The van der Waals surface area contributed by atoms with Crippen LogP contribution >= 0.6 is 0 Å². The van der Waals surface area contributed by atoms with Crippen LogP contribution in [0.4, 0.5) is 0 Å². The number of benzene rings is 1. The van der Waals surface area contributed by atoms with E-state index in [4.69, 9.17) is 10.2 Å². The Kier molecular flexibility index (Phi) is 8.23. The van der Waals surface area contributed by atoms with Gasteiger partial charge in [-0.05, 0) is 12.1 Å². The van der Waals surface area contributed by atoms with Crippen molar-refractivity contribution in [2.75, 3.05) is 0 Å². The fourth-order valence-corrected chi connectivity index (χ4v) is 1.93. The van der Waals surface area contributed by atoms with Crippen LogP contribution in [-0.4, -0.2) is 68.2 Å². The molecular formula is C18H10O14. The number of carboxylic acids is 4. The van der Waals surface area contributed by atoms with E-state index in [0.717, 1.165) is 0 Å². The van der Waals surface area contributed by atoms with Crippen LogP contribution in [0.15, 0.2) is 36.4 Å². The van der Waals surface area contributed by atoms with Gasteiger partial charge in [0.1, 0.15) is 0 Å². The Balaban J connectivity index is 3.45. The molecule has 0 radical (unpaired) electrons. The van der Waals surface area contributed by atoms with E-state index in [1.54, 1.807) is 0 Å². The van der Waals surface area contributed by atoms with Gasteiger partial charge in [0.25, 0.3) is 0 Å². The van der Waals surface area contributed by atoms with Crippen molar-refractivity contribution >= 4 is 47.8 Å². The first-order chi connectivity index (χ1) is 14.8. The number of aliphatic carboxylic acids is 2. The number of carbonyl (C=O) groups is 8. The molecule has 0 aromatic heterocycles. The van der Waals surface area contributed by atoms with E-state index >= 15 is 0 Å². The molecule has 0 atom stereocenters. The third-order valence-corrected chi connectivity index (χ3v) is 3.17. The molecular weight excluding hydrogens is 440 g/mol. The predicted octanol–water partition coefficient (Wildman–Crippen LogP) is -0.269. The third-order valence-electron chi connectivity index (χ3n) is 3.17. The summed E-state index contributed by atoms with van der Waals surface area (Å²) < 4.78 is 8.45. The van der Waals surface area contributed by atoms with Gasteiger partial charge >= 0.3 is 47.8 Å². The van der Waals surface area contributed by atoms with Gasteiger partial charge in [0.15, 0.2) is 0 Å². The first-order valence-corrected chi connectivity index (χ1v) is 7.82. The first kappa shape index (κ1) is 24.9.